The van der Waals surface area contributed by atoms with E-state index in [0.717, 1.165) is 6.42 Å². The molecule has 2 fully saturated rings. The second-order valence-electron chi connectivity index (χ2n) is 6.54. The van der Waals surface area contributed by atoms with Crippen LogP contribution in [0.1, 0.15) is 49.5 Å². The van der Waals surface area contributed by atoms with Gasteiger partial charge in [-0.15, -0.1) is 12.4 Å². The first-order valence-electron chi connectivity index (χ1n) is 8.49. The molecule has 1 aliphatic heterocycles. The van der Waals surface area contributed by atoms with Crippen LogP contribution in [-0.2, 0) is 16.6 Å². The van der Waals surface area contributed by atoms with Crippen molar-refractivity contribution < 1.29 is 14.3 Å². The normalized spacial score (nSPS) is 25.5. The summed E-state index contributed by atoms with van der Waals surface area (Å²) in [7, 11) is 1.77. The molecule has 6 nitrogen and oxygen atoms in total. The van der Waals surface area contributed by atoms with Gasteiger partial charge in [0.2, 0.25) is 5.91 Å². The first-order valence-corrected chi connectivity index (χ1v) is 8.49. The summed E-state index contributed by atoms with van der Waals surface area (Å²) < 4.78 is 6.68. The number of nitrogens with zero attached hydrogens (tertiary/aromatic N) is 1. The molecule has 1 aliphatic carbocycles. The average Bonchev–Trinajstić information content (AvgIpc) is 3.11. The monoisotopic (exact) mass is 355 g/mol. The lowest BCUT2D eigenvalue weighted by Gasteiger charge is -2.24. The minimum atomic E-state index is -0.375. The van der Waals surface area contributed by atoms with Gasteiger partial charge in [-0.1, -0.05) is 12.8 Å². The van der Waals surface area contributed by atoms with Crippen LogP contribution >= 0.6 is 12.4 Å². The predicted molar refractivity (Wildman–Crippen MR) is 94.5 cm³/mol. The number of carbonyl (C=O) groups excluding carboxylic acids is 2. The third kappa shape index (κ3) is 3.92. The van der Waals surface area contributed by atoms with E-state index in [2.05, 4.69) is 10.6 Å². The third-order valence-electron chi connectivity index (χ3n) is 4.94. The number of halogens is 1. The maximum atomic E-state index is 12.5. The van der Waals surface area contributed by atoms with Crippen molar-refractivity contribution in [3.8, 4) is 0 Å². The second-order valence-corrected chi connectivity index (χ2v) is 6.54. The maximum absolute atomic E-state index is 12.5. The van der Waals surface area contributed by atoms with Gasteiger partial charge in [0, 0.05) is 19.3 Å². The van der Waals surface area contributed by atoms with Crippen LogP contribution in [0.25, 0.3) is 0 Å². The lowest BCUT2D eigenvalue weighted by atomic mass is 9.85. The first-order chi connectivity index (χ1) is 11.1. The molecule has 7 heteroatoms. The number of rotatable bonds is 4. The molecule has 1 aromatic rings. The highest BCUT2D eigenvalue weighted by atomic mass is 35.5. The Bertz CT molecular complexity index is 588. The van der Waals surface area contributed by atoms with E-state index in [1.54, 1.807) is 30.8 Å². The number of ether oxygens (including phenoxy) is 1. The van der Waals surface area contributed by atoms with E-state index in [1.165, 1.54) is 25.7 Å². The summed E-state index contributed by atoms with van der Waals surface area (Å²) in [4.78, 5) is 24.3. The van der Waals surface area contributed by atoms with E-state index < -0.39 is 0 Å². The zero-order valence-corrected chi connectivity index (χ0v) is 15.0. The summed E-state index contributed by atoms with van der Waals surface area (Å²) in [5, 5.41) is 6.39. The van der Waals surface area contributed by atoms with Gasteiger partial charge in [-0.05, 0) is 38.2 Å². The van der Waals surface area contributed by atoms with Crippen LogP contribution in [0.2, 0.25) is 0 Å². The van der Waals surface area contributed by atoms with E-state index >= 15 is 0 Å². The summed E-state index contributed by atoms with van der Waals surface area (Å²) >= 11 is 0. The molecule has 0 radical (unpaired) electrons. The first kappa shape index (κ1) is 18.8. The molecule has 3 unspecified atom stereocenters. The molecule has 2 aliphatic rings. The van der Waals surface area contributed by atoms with Gasteiger partial charge in [-0.2, -0.15) is 0 Å². The van der Waals surface area contributed by atoms with E-state index in [1.807, 2.05) is 0 Å². The number of aromatic nitrogens is 1. The maximum Gasteiger partial charge on any atom is 0.355 e. The Labute approximate surface area is 148 Å². The molecule has 0 spiro atoms. The molecule has 24 heavy (non-hydrogen) atoms. The summed E-state index contributed by atoms with van der Waals surface area (Å²) in [6.07, 6.45) is 7.58. The van der Waals surface area contributed by atoms with Crippen molar-refractivity contribution >= 4 is 30.0 Å². The Hall–Kier alpha value is -1.53. The fraction of sp³-hybridized carbons (Fsp3) is 0.647. The Morgan fingerprint density at radius 2 is 2.12 bits per heavy atom. The molecule has 3 atom stereocenters. The van der Waals surface area contributed by atoms with Crippen LogP contribution in [0.4, 0.5) is 5.69 Å². The Kier molecular flexibility index (Phi) is 6.29. The van der Waals surface area contributed by atoms with Crippen LogP contribution in [0.3, 0.4) is 0 Å². The van der Waals surface area contributed by atoms with Crippen molar-refractivity contribution in [3.05, 3.63) is 18.0 Å². The van der Waals surface area contributed by atoms with Crippen LogP contribution < -0.4 is 10.6 Å². The van der Waals surface area contributed by atoms with Gasteiger partial charge >= 0.3 is 5.97 Å². The van der Waals surface area contributed by atoms with Crippen molar-refractivity contribution in [3.63, 3.8) is 0 Å². The van der Waals surface area contributed by atoms with Crippen LogP contribution in [0, 0.1) is 5.92 Å². The summed E-state index contributed by atoms with van der Waals surface area (Å²) in [5.74, 6) is 0.242. The number of aryl methyl sites for hydroxylation is 1. The Morgan fingerprint density at radius 1 is 1.38 bits per heavy atom. The molecule has 1 saturated carbocycles. The van der Waals surface area contributed by atoms with E-state index in [0.29, 0.717) is 29.9 Å². The largest absolute Gasteiger partial charge is 0.461 e. The van der Waals surface area contributed by atoms with Crippen molar-refractivity contribution in [2.75, 3.05) is 11.9 Å². The topological polar surface area (TPSA) is 72.4 Å². The highest BCUT2D eigenvalue weighted by molar-refractivity contribution is 5.97. The number of fused-ring (bicyclic) bond motifs is 1. The molecular weight excluding hydrogens is 330 g/mol. The Morgan fingerprint density at radius 3 is 2.83 bits per heavy atom. The predicted octanol–water partition coefficient (Wildman–Crippen LogP) is 2.48. The van der Waals surface area contributed by atoms with Gasteiger partial charge in [-0.25, -0.2) is 4.79 Å². The molecule has 1 amide bonds. The molecule has 134 valence electrons. The molecule has 3 rings (SSSR count). The summed E-state index contributed by atoms with van der Waals surface area (Å²) in [6, 6.07) is 2.03. The third-order valence-corrected chi connectivity index (χ3v) is 4.94. The number of esters is 1. The average molecular weight is 356 g/mol. The standard InChI is InChI=1S/C17H25N3O3.ClH/c1-3-23-17(22)15-9-12(10-20(15)2)18-16(21)14-8-11-6-4-5-7-13(11)19-14;/h9-11,13-14,19H,3-8H2,1-2H3,(H,18,21);1H. The number of hydrogen-bond acceptors (Lipinski definition) is 4. The molecule has 1 saturated heterocycles. The van der Waals surface area contributed by atoms with Crippen molar-refractivity contribution in [2.45, 2.75) is 51.1 Å². The minimum absolute atomic E-state index is 0. The quantitative estimate of drug-likeness (QED) is 0.814. The zero-order chi connectivity index (χ0) is 16.4. The van der Waals surface area contributed by atoms with Crippen LogP contribution in [0.5, 0.6) is 0 Å². The number of anilines is 1. The van der Waals surface area contributed by atoms with Crippen LogP contribution in [-0.4, -0.2) is 35.1 Å². The Balaban J connectivity index is 0.00000208. The minimum Gasteiger partial charge on any atom is -0.461 e. The van der Waals surface area contributed by atoms with Gasteiger partial charge in [0.15, 0.2) is 0 Å². The zero-order valence-electron chi connectivity index (χ0n) is 14.2. The van der Waals surface area contributed by atoms with Gasteiger partial charge in [-0.3, -0.25) is 4.79 Å². The SMILES string of the molecule is CCOC(=O)c1cc(NC(=O)C2CC3CCCCC3N2)cn1C.Cl. The van der Waals surface area contributed by atoms with Crippen LogP contribution in [0.15, 0.2) is 12.3 Å². The number of nitrogens with one attached hydrogen (secondary N) is 2. The molecule has 2 N–H and O–H groups in total. The van der Waals surface area contributed by atoms with Crippen molar-refractivity contribution in [1.29, 1.82) is 0 Å². The number of carbonyl (C=O) groups is 2. The van der Waals surface area contributed by atoms with Crippen molar-refractivity contribution in [2.24, 2.45) is 13.0 Å². The van der Waals surface area contributed by atoms with Gasteiger partial charge in [0.05, 0.1) is 18.3 Å². The van der Waals surface area contributed by atoms with E-state index in [9.17, 15) is 9.59 Å². The fourth-order valence-electron chi connectivity index (χ4n) is 3.79. The smallest absolute Gasteiger partial charge is 0.355 e. The lowest BCUT2D eigenvalue weighted by Crippen LogP contribution is -2.39. The highest BCUT2D eigenvalue weighted by Gasteiger charge is 2.38. The molecule has 1 aromatic heterocycles. The van der Waals surface area contributed by atoms with Gasteiger partial charge in [0.25, 0.3) is 0 Å². The molecule has 2 heterocycles. The number of amides is 1. The second kappa shape index (κ2) is 8.03. The lowest BCUT2D eigenvalue weighted by molar-refractivity contribution is -0.117. The summed E-state index contributed by atoms with van der Waals surface area (Å²) in [5.41, 5.74) is 1.08. The van der Waals surface area contributed by atoms with Gasteiger partial charge in [0.1, 0.15) is 5.69 Å². The summed E-state index contributed by atoms with van der Waals surface area (Å²) in [6.45, 7) is 2.11. The number of hydrogen-bond donors (Lipinski definition) is 2. The molecular formula is C17H26ClN3O3. The van der Waals surface area contributed by atoms with E-state index in [-0.39, 0.29) is 30.3 Å². The van der Waals surface area contributed by atoms with E-state index in [4.69, 9.17) is 4.74 Å². The fourth-order valence-corrected chi connectivity index (χ4v) is 3.79. The highest BCUT2D eigenvalue weighted by Crippen LogP contribution is 2.33. The van der Waals surface area contributed by atoms with Crippen molar-refractivity contribution in [1.82, 2.24) is 9.88 Å². The molecule has 0 aromatic carbocycles. The molecule has 0 bridgehead atoms. The van der Waals surface area contributed by atoms with Gasteiger partial charge < -0.3 is 19.9 Å².